The molecule has 1 aromatic heterocycles. The lowest BCUT2D eigenvalue weighted by Gasteiger charge is -2.31. The fraction of sp³-hybridized carbons (Fsp3) is 0.545. The van der Waals surface area contributed by atoms with Gasteiger partial charge in [0.15, 0.2) is 5.69 Å². The molecular weight excluding hydrogens is 382 g/mol. The monoisotopic (exact) mass is 411 g/mol. The number of aromatic nitrogens is 3. The molecule has 1 N–H and O–H groups in total. The molecule has 2 amide bonds. The second-order valence-electron chi connectivity index (χ2n) is 8.51. The van der Waals surface area contributed by atoms with E-state index in [2.05, 4.69) is 46.8 Å². The summed E-state index contributed by atoms with van der Waals surface area (Å²) in [5.74, 6) is -0.0888. The second kappa shape index (κ2) is 8.55. The molecule has 2 aromatic rings. The van der Waals surface area contributed by atoms with Gasteiger partial charge in [0.25, 0.3) is 5.91 Å². The summed E-state index contributed by atoms with van der Waals surface area (Å²) in [6, 6.07) is 8.38. The molecule has 1 fully saturated rings. The van der Waals surface area contributed by atoms with E-state index in [1.54, 1.807) is 9.58 Å². The predicted octanol–water partition coefficient (Wildman–Crippen LogP) is 2.23. The van der Waals surface area contributed by atoms with Crippen LogP contribution in [-0.2, 0) is 22.7 Å². The molecule has 1 atom stereocenters. The summed E-state index contributed by atoms with van der Waals surface area (Å²) in [4.78, 5) is 27.0. The molecule has 2 aliphatic rings. The number of amides is 2. The SMILES string of the molecule is Cc1ccc(C2Cn3nnc(C(=O)N4CCC(C(=O)NC(C)C)CC4)c3CO2)cc1. The zero-order chi connectivity index (χ0) is 21.3. The highest BCUT2D eigenvalue weighted by atomic mass is 16.5. The maximum absolute atomic E-state index is 13.0. The molecule has 160 valence electrons. The third kappa shape index (κ3) is 4.23. The summed E-state index contributed by atoms with van der Waals surface area (Å²) in [6.45, 7) is 7.91. The Kier molecular flexibility index (Phi) is 5.85. The quantitative estimate of drug-likeness (QED) is 0.833. The van der Waals surface area contributed by atoms with Crippen molar-refractivity contribution in [3.63, 3.8) is 0 Å². The largest absolute Gasteiger partial charge is 0.365 e. The molecule has 4 rings (SSSR count). The minimum absolute atomic E-state index is 0.0379. The maximum atomic E-state index is 13.0. The third-order valence-electron chi connectivity index (χ3n) is 5.83. The number of fused-ring (bicyclic) bond motifs is 1. The molecule has 1 aromatic carbocycles. The van der Waals surface area contributed by atoms with E-state index in [0.29, 0.717) is 44.8 Å². The lowest BCUT2D eigenvalue weighted by Crippen LogP contribution is -2.44. The Bertz CT molecular complexity index is 913. The Labute approximate surface area is 176 Å². The van der Waals surface area contributed by atoms with Gasteiger partial charge in [0.05, 0.1) is 18.8 Å². The van der Waals surface area contributed by atoms with Crippen LogP contribution in [0.2, 0.25) is 0 Å². The van der Waals surface area contributed by atoms with Gasteiger partial charge in [-0.2, -0.15) is 0 Å². The van der Waals surface area contributed by atoms with E-state index >= 15 is 0 Å². The number of carbonyl (C=O) groups is 2. The zero-order valence-electron chi connectivity index (χ0n) is 17.8. The molecule has 0 radical (unpaired) electrons. The van der Waals surface area contributed by atoms with Crippen molar-refractivity contribution in [2.75, 3.05) is 13.1 Å². The lowest BCUT2D eigenvalue weighted by atomic mass is 9.95. The molecule has 1 unspecified atom stereocenters. The molecule has 0 saturated carbocycles. The van der Waals surface area contributed by atoms with Crippen molar-refractivity contribution >= 4 is 11.8 Å². The van der Waals surface area contributed by atoms with E-state index in [9.17, 15) is 9.59 Å². The number of piperidine rings is 1. The van der Waals surface area contributed by atoms with Gasteiger partial charge in [-0.1, -0.05) is 35.0 Å². The minimum atomic E-state index is -0.128. The van der Waals surface area contributed by atoms with Crippen LogP contribution in [0.3, 0.4) is 0 Å². The minimum Gasteiger partial charge on any atom is -0.365 e. The highest BCUT2D eigenvalue weighted by molar-refractivity contribution is 5.93. The van der Waals surface area contributed by atoms with Crippen molar-refractivity contribution in [2.24, 2.45) is 5.92 Å². The molecule has 0 aliphatic carbocycles. The number of likely N-dealkylation sites (tertiary alicyclic amines) is 1. The van der Waals surface area contributed by atoms with Crippen LogP contribution in [0.4, 0.5) is 0 Å². The predicted molar refractivity (Wildman–Crippen MR) is 111 cm³/mol. The van der Waals surface area contributed by atoms with Crippen molar-refractivity contribution < 1.29 is 14.3 Å². The van der Waals surface area contributed by atoms with Crippen LogP contribution in [0, 0.1) is 12.8 Å². The number of aryl methyl sites for hydroxylation is 1. The molecule has 0 bridgehead atoms. The van der Waals surface area contributed by atoms with E-state index in [-0.39, 0.29) is 29.9 Å². The molecule has 2 aliphatic heterocycles. The summed E-state index contributed by atoms with van der Waals surface area (Å²) < 4.78 is 7.81. The van der Waals surface area contributed by atoms with Gasteiger partial charge in [-0.05, 0) is 39.2 Å². The molecule has 30 heavy (non-hydrogen) atoms. The Morgan fingerprint density at radius 2 is 1.87 bits per heavy atom. The Hall–Kier alpha value is -2.74. The fourth-order valence-corrected chi connectivity index (χ4v) is 4.06. The first-order valence-electron chi connectivity index (χ1n) is 10.6. The lowest BCUT2D eigenvalue weighted by molar-refractivity contribution is -0.126. The van der Waals surface area contributed by atoms with Gasteiger partial charge in [-0.25, -0.2) is 4.68 Å². The number of hydrogen-bond acceptors (Lipinski definition) is 5. The van der Waals surface area contributed by atoms with Gasteiger partial charge in [0.2, 0.25) is 5.91 Å². The summed E-state index contributed by atoms with van der Waals surface area (Å²) in [6.07, 6.45) is 1.23. The zero-order valence-corrected chi connectivity index (χ0v) is 17.8. The van der Waals surface area contributed by atoms with E-state index in [0.717, 1.165) is 11.3 Å². The van der Waals surface area contributed by atoms with E-state index in [1.165, 1.54) is 5.56 Å². The molecular formula is C22H29N5O3. The Morgan fingerprint density at radius 3 is 2.53 bits per heavy atom. The van der Waals surface area contributed by atoms with Crippen LogP contribution in [0.5, 0.6) is 0 Å². The summed E-state index contributed by atoms with van der Waals surface area (Å²) in [5.41, 5.74) is 3.39. The van der Waals surface area contributed by atoms with E-state index in [1.807, 2.05) is 13.8 Å². The highest BCUT2D eigenvalue weighted by Gasteiger charge is 2.33. The average molecular weight is 412 g/mol. The molecule has 3 heterocycles. The summed E-state index contributed by atoms with van der Waals surface area (Å²) >= 11 is 0. The number of carbonyl (C=O) groups excluding carboxylic acids is 2. The Balaban J connectivity index is 1.39. The van der Waals surface area contributed by atoms with Crippen LogP contribution in [0.25, 0.3) is 0 Å². The number of hydrogen-bond donors (Lipinski definition) is 1. The van der Waals surface area contributed by atoms with Crippen LogP contribution in [0.1, 0.15) is 60.1 Å². The molecule has 1 saturated heterocycles. The summed E-state index contributed by atoms with van der Waals surface area (Å²) in [7, 11) is 0. The van der Waals surface area contributed by atoms with Gasteiger partial charge in [0.1, 0.15) is 6.10 Å². The van der Waals surface area contributed by atoms with Crippen LogP contribution in [0.15, 0.2) is 24.3 Å². The van der Waals surface area contributed by atoms with Crippen LogP contribution < -0.4 is 5.32 Å². The van der Waals surface area contributed by atoms with Gasteiger partial charge >= 0.3 is 0 Å². The van der Waals surface area contributed by atoms with Gasteiger partial charge in [-0.3, -0.25) is 9.59 Å². The van der Waals surface area contributed by atoms with Crippen molar-refractivity contribution in [1.82, 2.24) is 25.2 Å². The van der Waals surface area contributed by atoms with Crippen molar-refractivity contribution in [2.45, 2.75) is 58.9 Å². The maximum Gasteiger partial charge on any atom is 0.276 e. The van der Waals surface area contributed by atoms with Crippen molar-refractivity contribution in [1.29, 1.82) is 0 Å². The number of benzene rings is 1. The van der Waals surface area contributed by atoms with Gasteiger partial charge in [0, 0.05) is 25.0 Å². The highest BCUT2D eigenvalue weighted by Crippen LogP contribution is 2.28. The van der Waals surface area contributed by atoms with Crippen LogP contribution >= 0.6 is 0 Å². The number of nitrogens with one attached hydrogen (secondary N) is 1. The summed E-state index contributed by atoms with van der Waals surface area (Å²) in [5, 5.41) is 11.3. The first-order valence-corrected chi connectivity index (χ1v) is 10.6. The van der Waals surface area contributed by atoms with Crippen molar-refractivity contribution in [3.8, 4) is 0 Å². The molecule has 8 heteroatoms. The number of nitrogens with zero attached hydrogens (tertiary/aromatic N) is 4. The molecule has 8 nitrogen and oxygen atoms in total. The fourth-order valence-electron chi connectivity index (χ4n) is 4.06. The smallest absolute Gasteiger partial charge is 0.276 e. The first-order chi connectivity index (χ1) is 14.4. The topological polar surface area (TPSA) is 89.4 Å². The third-order valence-corrected chi connectivity index (χ3v) is 5.83. The van der Waals surface area contributed by atoms with E-state index < -0.39 is 0 Å². The second-order valence-corrected chi connectivity index (χ2v) is 8.51. The Morgan fingerprint density at radius 1 is 1.17 bits per heavy atom. The number of ether oxygens (including phenoxy) is 1. The van der Waals surface area contributed by atoms with Gasteiger partial charge < -0.3 is 15.0 Å². The normalized spacial score (nSPS) is 19.6. The number of rotatable bonds is 4. The first kappa shape index (κ1) is 20.5. The van der Waals surface area contributed by atoms with Crippen molar-refractivity contribution in [3.05, 3.63) is 46.8 Å². The van der Waals surface area contributed by atoms with E-state index in [4.69, 9.17) is 4.74 Å². The molecule has 0 spiro atoms. The standard InChI is InChI=1S/C22H29N5O3/c1-14(2)23-21(28)17-8-10-26(11-9-17)22(29)20-18-13-30-19(12-27(18)25-24-20)16-6-4-15(3)5-7-16/h4-7,14,17,19H,8-13H2,1-3H3,(H,23,28). The average Bonchev–Trinajstić information content (AvgIpc) is 3.16. The van der Waals surface area contributed by atoms with Crippen LogP contribution in [-0.4, -0.2) is 50.8 Å². The van der Waals surface area contributed by atoms with Gasteiger partial charge in [-0.15, -0.1) is 5.10 Å².